The number of hydrogen-bond acceptors (Lipinski definition) is 7. The predicted molar refractivity (Wildman–Crippen MR) is 89.6 cm³/mol. The van der Waals surface area contributed by atoms with Crippen molar-refractivity contribution >= 4 is 50.9 Å². The Balaban J connectivity index is 1.83. The molecule has 2 heterocycles. The Hall–Kier alpha value is -2.00. The van der Waals surface area contributed by atoms with Gasteiger partial charge in [-0.1, -0.05) is 15.9 Å². The van der Waals surface area contributed by atoms with E-state index in [0.29, 0.717) is 21.5 Å². The Kier molecular flexibility index (Phi) is 4.81. The monoisotopic (exact) mass is 413 g/mol. The fourth-order valence-electron chi connectivity index (χ4n) is 2.16. The first-order chi connectivity index (χ1) is 11.5. The summed E-state index contributed by atoms with van der Waals surface area (Å²) < 4.78 is 16.0. The number of amides is 2. The van der Waals surface area contributed by atoms with Crippen LogP contribution in [0.25, 0.3) is 6.08 Å². The smallest absolute Gasteiger partial charge is 0.326 e. The maximum absolute atomic E-state index is 12.3. The van der Waals surface area contributed by atoms with Gasteiger partial charge in [0, 0.05) is 4.47 Å². The molecule has 0 N–H and O–H groups in total. The molecule has 1 fully saturated rings. The second kappa shape index (κ2) is 6.86. The highest BCUT2D eigenvalue weighted by Crippen LogP contribution is 2.39. The van der Waals surface area contributed by atoms with Crippen LogP contribution >= 0.6 is 27.7 Å². The number of carbonyl (C=O) groups excluding carboxylic acids is 3. The van der Waals surface area contributed by atoms with E-state index in [9.17, 15) is 14.4 Å². The van der Waals surface area contributed by atoms with Crippen LogP contribution in [-0.4, -0.2) is 42.0 Å². The van der Waals surface area contributed by atoms with Crippen molar-refractivity contribution in [2.75, 3.05) is 19.9 Å². The van der Waals surface area contributed by atoms with Gasteiger partial charge in [0.25, 0.3) is 11.1 Å². The predicted octanol–water partition coefficient (Wildman–Crippen LogP) is 2.78. The van der Waals surface area contributed by atoms with Gasteiger partial charge in [-0.25, -0.2) is 0 Å². The molecule has 126 valence electrons. The zero-order chi connectivity index (χ0) is 17.3. The summed E-state index contributed by atoms with van der Waals surface area (Å²) in [5.41, 5.74) is 0.667. The number of esters is 1. The summed E-state index contributed by atoms with van der Waals surface area (Å²) in [6.45, 7) is 1.59. The third-order valence-electron chi connectivity index (χ3n) is 3.24. The average Bonchev–Trinajstić information content (AvgIpc) is 3.07. The van der Waals surface area contributed by atoms with E-state index in [2.05, 4.69) is 15.9 Å². The summed E-state index contributed by atoms with van der Waals surface area (Å²) in [6.07, 6.45) is 1.57. The molecule has 0 unspecified atom stereocenters. The zero-order valence-corrected chi connectivity index (χ0v) is 14.9. The first kappa shape index (κ1) is 16.8. The molecule has 9 heteroatoms. The summed E-state index contributed by atoms with van der Waals surface area (Å²) in [5.74, 6) is 0.0255. The molecule has 24 heavy (non-hydrogen) atoms. The van der Waals surface area contributed by atoms with Crippen LogP contribution in [0.1, 0.15) is 12.5 Å². The van der Waals surface area contributed by atoms with Crippen molar-refractivity contribution in [3.05, 3.63) is 27.1 Å². The first-order valence-electron chi connectivity index (χ1n) is 6.99. The summed E-state index contributed by atoms with van der Waals surface area (Å²) in [4.78, 5) is 36.9. The second-order valence-corrected chi connectivity index (χ2v) is 6.65. The largest absolute Gasteiger partial charge is 0.465 e. The molecular weight excluding hydrogens is 402 g/mol. The zero-order valence-electron chi connectivity index (χ0n) is 12.5. The maximum atomic E-state index is 12.3. The molecule has 1 aromatic carbocycles. The quantitative estimate of drug-likeness (QED) is 0.554. The lowest BCUT2D eigenvalue weighted by molar-refractivity contribution is -0.145. The average molecular weight is 414 g/mol. The van der Waals surface area contributed by atoms with Crippen molar-refractivity contribution in [3.8, 4) is 11.5 Å². The van der Waals surface area contributed by atoms with Crippen molar-refractivity contribution in [1.82, 2.24) is 4.90 Å². The van der Waals surface area contributed by atoms with Crippen LogP contribution in [0.2, 0.25) is 0 Å². The van der Waals surface area contributed by atoms with Gasteiger partial charge in [-0.15, -0.1) is 0 Å². The number of halogens is 1. The highest BCUT2D eigenvalue weighted by molar-refractivity contribution is 9.10. The molecule has 7 nitrogen and oxygen atoms in total. The number of ether oxygens (including phenoxy) is 3. The van der Waals surface area contributed by atoms with Crippen molar-refractivity contribution in [2.24, 2.45) is 0 Å². The van der Waals surface area contributed by atoms with Crippen LogP contribution < -0.4 is 9.47 Å². The minimum atomic E-state index is -0.620. The number of benzene rings is 1. The van der Waals surface area contributed by atoms with Crippen molar-refractivity contribution in [2.45, 2.75) is 6.92 Å². The summed E-state index contributed by atoms with van der Waals surface area (Å²) in [7, 11) is 0. The lowest BCUT2D eigenvalue weighted by atomic mass is 10.2. The standard InChI is InChI=1S/C15H12BrNO6S/c1-2-21-13(18)6-17-14(19)12(24-15(17)20)4-8-3-10-11(5-9(8)16)23-7-22-10/h3-5H,2,6-7H2,1H3/b12-4-. The molecule has 0 atom stereocenters. The van der Waals surface area contributed by atoms with E-state index < -0.39 is 23.7 Å². The van der Waals surface area contributed by atoms with Gasteiger partial charge in [0.2, 0.25) is 6.79 Å². The lowest BCUT2D eigenvalue weighted by Gasteiger charge is -2.10. The molecule has 0 aliphatic carbocycles. The topological polar surface area (TPSA) is 82.1 Å². The van der Waals surface area contributed by atoms with Gasteiger partial charge in [0.15, 0.2) is 11.5 Å². The van der Waals surface area contributed by atoms with Crippen molar-refractivity contribution < 1.29 is 28.6 Å². The Bertz CT molecular complexity index is 763. The fraction of sp³-hybridized carbons (Fsp3) is 0.267. The van der Waals surface area contributed by atoms with Crippen LogP contribution in [0.15, 0.2) is 21.5 Å². The molecule has 3 rings (SSSR count). The van der Waals surface area contributed by atoms with E-state index in [1.165, 1.54) is 0 Å². The number of imide groups is 1. The van der Waals surface area contributed by atoms with Gasteiger partial charge in [-0.05, 0) is 42.5 Å². The highest BCUT2D eigenvalue weighted by Gasteiger charge is 2.36. The molecule has 0 bridgehead atoms. The van der Waals surface area contributed by atoms with Crippen molar-refractivity contribution in [3.63, 3.8) is 0 Å². The van der Waals surface area contributed by atoms with E-state index in [-0.39, 0.29) is 18.3 Å². The van der Waals surface area contributed by atoms with Gasteiger partial charge < -0.3 is 14.2 Å². The molecule has 2 aliphatic rings. The minimum Gasteiger partial charge on any atom is -0.465 e. The second-order valence-electron chi connectivity index (χ2n) is 4.80. The number of fused-ring (bicyclic) bond motifs is 1. The first-order valence-corrected chi connectivity index (χ1v) is 8.60. The lowest BCUT2D eigenvalue weighted by Crippen LogP contribution is -2.34. The number of rotatable bonds is 4. The highest BCUT2D eigenvalue weighted by atomic mass is 79.9. The normalized spacial score (nSPS) is 17.8. The molecule has 0 spiro atoms. The van der Waals surface area contributed by atoms with E-state index in [0.717, 1.165) is 16.7 Å². The molecule has 0 saturated carbocycles. The van der Waals surface area contributed by atoms with Crippen molar-refractivity contribution in [1.29, 1.82) is 0 Å². The van der Waals surface area contributed by atoms with Crippen LogP contribution in [0.3, 0.4) is 0 Å². The van der Waals surface area contributed by atoms with Gasteiger partial charge in [-0.2, -0.15) is 0 Å². The Morgan fingerprint density at radius 1 is 1.38 bits per heavy atom. The Morgan fingerprint density at radius 2 is 2.08 bits per heavy atom. The van der Waals surface area contributed by atoms with Crippen LogP contribution in [-0.2, 0) is 14.3 Å². The van der Waals surface area contributed by atoms with Gasteiger partial charge in [0.05, 0.1) is 11.5 Å². The third kappa shape index (κ3) is 3.27. The number of nitrogens with zero attached hydrogens (tertiary/aromatic N) is 1. The molecule has 2 aliphatic heterocycles. The molecule has 0 radical (unpaired) electrons. The van der Waals surface area contributed by atoms with Gasteiger partial charge in [-0.3, -0.25) is 19.3 Å². The van der Waals surface area contributed by atoms with E-state index >= 15 is 0 Å². The maximum Gasteiger partial charge on any atom is 0.326 e. The van der Waals surface area contributed by atoms with Crippen LogP contribution in [0, 0.1) is 0 Å². The summed E-state index contributed by atoms with van der Waals surface area (Å²) in [5, 5.41) is -0.504. The molecule has 1 saturated heterocycles. The number of hydrogen-bond donors (Lipinski definition) is 0. The van der Waals surface area contributed by atoms with Crippen LogP contribution in [0.4, 0.5) is 4.79 Å². The third-order valence-corrected chi connectivity index (χ3v) is 4.84. The van der Waals surface area contributed by atoms with E-state index in [1.54, 1.807) is 25.1 Å². The van der Waals surface area contributed by atoms with Gasteiger partial charge in [0.1, 0.15) is 6.54 Å². The summed E-state index contributed by atoms with van der Waals surface area (Å²) in [6, 6.07) is 3.45. The van der Waals surface area contributed by atoms with Crippen LogP contribution in [0.5, 0.6) is 11.5 Å². The molecular formula is C15H12BrNO6S. The SMILES string of the molecule is CCOC(=O)CN1C(=O)S/C(=C\c2cc3c(cc2Br)OCO3)C1=O. The van der Waals surface area contributed by atoms with E-state index in [1.807, 2.05) is 0 Å². The molecule has 1 aromatic rings. The van der Waals surface area contributed by atoms with E-state index in [4.69, 9.17) is 14.2 Å². The molecule has 0 aromatic heterocycles. The Morgan fingerprint density at radius 3 is 2.79 bits per heavy atom. The molecule has 2 amide bonds. The fourth-order valence-corrected chi connectivity index (χ4v) is 3.42. The summed E-state index contributed by atoms with van der Waals surface area (Å²) >= 11 is 4.17. The number of thioether (sulfide) groups is 1. The van der Waals surface area contributed by atoms with Gasteiger partial charge >= 0.3 is 5.97 Å². The number of carbonyl (C=O) groups is 3. The minimum absolute atomic E-state index is 0.140. The Labute approximate surface area is 150 Å².